The average molecular weight is 350 g/mol. The van der Waals surface area contributed by atoms with Gasteiger partial charge in [0.1, 0.15) is 0 Å². The summed E-state index contributed by atoms with van der Waals surface area (Å²) < 4.78 is 0. The van der Waals surface area contributed by atoms with Gasteiger partial charge in [-0.2, -0.15) is 0 Å². The number of hydrogen-bond acceptors (Lipinski definition) is 2. The molecule has 0 bridgehead atoms. The van der Waals surface area contributed by atoms with Gasteiger partial charge >= 0.3 is 0 Å². The smallest absolute Gasteiger partial charge is 0.229 e. The van der Waals surface area contributed by atoms with Gasteiger partial charge in [0.25, 0.3) is 0 Å². The van der Waals surface area contributed by atoms with Crippen LogP contribution in [0, 0.1) is 12.8 Å². The molecule has 1 saturated heterocycles. The van der Waals surface area contributed by atoms with E-state index in [-0.39, 0.29) is 24.2 Å². The number of anilines is 1. The van der Waals surface area contributed by atoms with Crippen molar-refractivity contribution in [3.8, 4) is 0 Å². The number of aryl methyl sites for hydroxylation is 1. The van der Waals surface area contributed by atoms with Crippen LogP contribution >= 0.6 is 0 Å². The van der Waals surface area contributed by atoms with Crippen LogP contribution in [-0.2, 0) is 16.1 Å². The molecule has 4 heteroatoms. The van der Waals surface area contributed by atoms with Gasteiger partial charge in [0, 0.05) is 25.2 Å². The number of likely N-dealkylation sites (tertiary alicyclic amines) is 1. The quantitative estimate of drug-likeness (QED) is 0.882. The van der Waals surface area contributed by atoms with Crippen molar-refractivity contribution in [2.45, 2.75) is 39.7 Å². The topological polar surface area (TPSA) is 49.4 Å². The second kappa shape index (κ2) is 7.73. The van der Waals surface area contributed by atoms with Crippen LogP contribution in [0.2, 0.25) is 0 Å². The minimum Gasteiger partial charge on any atom is -0.338 e. The molecule has 1 aliphatic heterocycles. The highest BCUT2D eigenvalue weighted by Gasteiger charge is 2.34. The summed E-state index contributed by atoms with van der Waals surface area (Å²) in [6.07, 6.45) is 0.280. The Morgan fingerprint density at radius 2 is 1.85 bits per heavy atom. The van der Waals surface area contributed by atoms with Crippen LogP contribution in [0.4, 0.5) is 5.69 Å². The van der Waals surface area contributed by atoms with Crippen LogP contribution in [0.1, 0.15) is 42.9 Å². The fraction of sp³-hybridized carbons (Fsp3) is 0.364. The molecule has 26 heavy (non-hydrogen) atoms. The van der Waals surface area contributed by atoms with Gasteiger partial charge in [-0.3, -0.25) is 9.59 Å². The molecule has 2 aromatic rings. The molecule has 1 heterocycles. The second-order valence-electron chi connectivity index (χ2n) is 7.37. The molecular weight excluding hydrogens is 324 g/mol. The van der Waals surface area contributed by atoms with Crippen molar-refractivity contribution in [2.24, 2.45) is 5.92 Å². The Labute approximate surface area is 155 Å². The maximum atomic E-state index is 12.6. The van der Waals surface area contributed by atoms with Crippen LogP contribution in [0.5, 0.6) is 0 Å². The lowest BCUT2D eigenvalue weighted by atomic mass is 10.0. The van der Waals surface area contributed by atoms with Crippen LogP contribution in [-0.4, -0.2) is 23.3 Å². The van der Waals surface area contributed by atoms with E-state index < -0.39 is 0 Å². The number of hydrogen-bond donors (Lipinski definition) is 1. The van der Waals surface area contributed by atoms with Gasteiger partial charge in [0.05, 0.1) is 5.92 Å². The first-order valence-electron chi connectivity index (χ1n) is 9.17. The monoisotopic (exact) mass is 350 g/mol. The summed E-state index contributed by atoms with van der Waals surface area (Å²) >= 11 is 0. The van der Waals surface area contributed by atoms with Crippen LogP contribution in [0.25, 0.3) is 0 Å². The number of amides is 2. The highest BCUT2D eigenvalue weighted by Crippen LogP contribution is 2.23. The van der Waals surface area contributed by atoms with E-state index in [0.29, 0.717) is 19.0 Å². The highest BCUT2D eigenvalue weighted by atomic mass is 16.2. The van der Waals surface area contributed by atoms with Crippen molar-refractivity contribution in [3.63, 3.8) is 0 Å². The third-order valence-electron chi connectivity index (χ3n) is 5.05. The fourth-order valence-electron chi connectivity index (χ4n) is 3.29. The number of carbonyl (C=O) groups is 2. The van der Waals surface area contributed by atoms with E-state index in [1.54, 1.807) is 4.90 Å². The molecule has 3 rings (SSSR count). The van der Waals surface area contributed by atoms with E-state index in [2.05, 4.69) is 19.2 Å². The predicted molar refractivity (Wildman–Crippen MR) is 104 cm³/mol. The van der Waals surface area contributed by atoms with E-state index in [1.165, 1.54) is 11.1 Å². The van der Waals surface area contributed by atoms with Gasteiger partial charge in [-0.25, -0.2) is 0 Å². The number of benzene rings is 2. The lowest BCUT2D eigenvalue weighted by Crippen LogP contribution is -2.28. The largest absolute Gasteiger partial charge is 0.338 e. The zero-order valence-electron chi connectivity index (χ0n) is 15.7. The van der Waals surface area contributed by atoms with Crippen LogP contribution in [0.3, 0.4) is 0 Å². The summed E-state index contributed by atoms with van der Waals surface area (Å²) in [5, 5.41) is 2.95. The molecule has 1 N–H and O–H groups in total. The maximum Gasteiger partial charge on any atom is 0.229 e. The molecule has 0 spiro atoms. The highest BCUT2D eigenvalue weighted by molar-refractivity contribution is 5.97. The van der Waals surface area contributed by atoms with E-state index >= 15 is 0 Å². The van der Waals surface area contributed by atoms with Crippen molar-refractivity contribution in [1.29, 1.82) is 0 Å². The number of carbonyl (C=O) groups excluding carboxylic acids is 2. The van der Waals surface area contributed by atoms with Gasteiger partial charge in [-0.05, 0) is 41.7 Å². The SMILES string of the molecule is Cc1ccccc1CN1CC(C(=O)Nc2ccc(C(C)C)cc2)CC1=O. The standard InChI is InChI=1S/C22H26N2O2/c1-15(2)17-8-10-20(11-9-17)23-22(26)19-12-21(25)24(14-19)13-18-7-5-4-6-16(18)3/h4-11,15,19H,12-14H2,1-3H3,(H,23,26). The van der Waals surface area contributed by atoms with Crippen molar-refractivity contribution in [3.05, 3.63) is 65.2 Å². The summed E-state index contributed by atoms with van der Waals surface area (Å²) in [5.41, 5.74) is 4.32. The zero-order chi connectivity index (χ0) is 18.7. The molecule has 1 aliphatic rings. The van der Waals surface area contributed by atoms with E-state index in [9.17, 15) is 9.59 Å². The van der Waals surface area contributed by atoms with Crippen molar-refractivity contribution in [1.82, 2.24) is 4.90 Å². The van der Waals surface area contributed by atoms with Gasteiger partial charge in [0.2, 0.25) is 11.8 Å². The molecule has 1 fully saturated rings. The molecule has 4 nitrogen and oxygen atoms in total. The summed E-state index contributed by atoms with van der Waals surface area (Å²) in [7, 11) is 0. The first-order chi connectivity index (χ1) is 12.4. The Morgan fingerprint density at radius 1 is 1.15 bits per heavy atom. The van der Waals surface area contributed by atoms with E-state index in [0.717, 1.165) is 11.3 Å². The minimum absolute atomic E-state index is 0.0450. The predicted octanol–water partition coefficient (Wildman–Crippen LogP) is 4.11. The molecule has 2 amide bonds. The molecule has 0 aromatic heterocycles. The second-order valence-corrected chi connectivity index (χ2v) is 7.37. The Hall–Kier alpha value is -2.62. The first-order valence-corrected chi connectivity index (χ1v) is 9.17. The zero-order valence-corrected chi connectivity index (χ0v) is 15.7. The lowest BCUT2D eigenvalue weighted by molar-refractivity contribution is -0.128. The summed E-state index contributed by atoms with van der Waals surface area (Å²) in [4.78, 5) is 26.7. The lowest BCUT2D eigenvalue weighted by Gasteiger charge is -2.18. The van der Waals surface area contributed by atoms with Crippen molar-refractivity contribution in [2.75, 3.05) is 11.9 Å². The molecule has 1 atom stereocenters. The molecule has 136 valence electrons. The number of rotatable bonds is 5. The Kier molecular flexibility index (Phi) is 5.40. The third-order valence-corrected chi connectivity index (χ3v) is 5.05. The fourth-order valence-corrected chi connectivity index (χ4v) is 3.29. The van der Waals surface area contributed by atoms with Gasteiger partial charge in [-0.15, -0.1) is 0 Å². The van der Waals surface area contributed by atoms with E-state index in [1.807, 2.05) is 55.5 Å². The van der Waals surface area contributed by atoms with Crippen LogP contribution < -0.4 is 5.32 Å². The molecule has 2 aromatic carbocycles. The molecule has 0 radical (unpaired) electrons. The average Bonchev–Trinajstić information content (AvgIpc) is 2.98. The molecular formula is C22H26N2O2. The summed E-state index contributed by atoms with van der Waals surface area (Å²) in [5.74, 6) is 0.130. The van der Waals surface area contributed by atoms with E-state index in [4.69, 9.17) is 0 Å². The van der Waals surface area contributed by atoms with Crippen molar-refractivity contribution >= 4 is 17.5 Å². The van der Waals surface area contributed by atoms with Gasteiger partial charge in [-0.1, -0.05) is 50.2 Å². The molecule has 0 aliphatic carbocycles. The Bertz CT molecular complexity index is 796. The normalized spacial score (nSPS) is 17.0. The van der Waals surface area contributed by atoms with Gasteiger partial charge < -0.3 is 10.2 Å². The number of nitrogens with zero attached hydrogens (tertiary/aromatic N) is 1. The molecule has 0 saturated carbocycles. The Morgan fingerprint density at radius 3 is 2.50 bits per heavy atom. The van der Waals surface area contributed by atoms with Gasteiger partial charge in [0.15, 0.2) is 0 Å². The third kappa shape index (κ3) is 4.13. The maximum absolute atomic E-state index is 12.6. The van der Waals surface area contributed by atoms with Crippen LogP contribution in [0.15, 0.2) is 48.5 Å². The summed E-state index contributed by atoms with van der Waals surface area (Å²) in [6.45, 7) is 7.36. The molecule has 1 unspecified atom stereocenters. The minimum atomic E-state index is -0.295. The van der Waals surface area contributed by atoms with Crippen molar-refractivity contribution < 1.29 is 9.59 Å². The first kappa shape index (κ1) is 18.2. The number of nitrogens with one attached hydrogen (secondary N) is 1. The summed E-state index contributed by atoms with van der Waals surface area (Å²) in [6, 6.07) is 16.0. The Balaban J connectivity index is 1.61.